The fourth-order valence-electron chi connectivity index (χ4n) is 3.02. The molecule has 1 saturated carbocycles. The number of carbonyl (C=O) groups excluding carboxylic acids is 1. The predicted molar refractivity (Wildman–Crippen MR) is 97.6 cm³/mol. The summed E-state index contributed by atoms with van der Waals surface area (Å²) in [5, 5.41) is 3.08. The highest BCUT2D eigenvalue weighted by molar-refractivity contribution is 5.83. The number of halogens is 1. The summed E-state index contributed by atoms with van der Waals surface area (Å²) >= 11 is 0. The SMILES string of the molecule is CCc1ccc(CN(C)C(C(=O)NC2CC2)c2ccc(F)cc2)cc1. The van der Waals surface area contributed by atoms with Gasteiger partial charge < -0.3 is 5.32 Å². The molecule has 25 heavy (non-hydrogen) atoms. The van der Waals surface area contributed by atoms with Gasteiger partial charge in [-0.25, -0.2) is 4.39 Å². The monoisotopic (exact) mass is 340 g/mol. The fraction of sp³-hybridized carbons (Fsp3) is 0.381. The molecular formula is C21H25FN2O. The molecule has 3 rings (SSSR count). The van der Waals surface area contributed by atoms with Crippen LogP contribution in [0.4, 0.5) is 4.39 Å². The van der Waals surface area contributed by atoms with Gasteiger partial charge in [-0.1, -0.05) is 43.3 Å². The number of nitrogens with zero attached hydrogens (tertiary/aromatic N) is 1. The maximum absolute atomic E-state index is 13.3. The Morgan fingerprint density at radius 2 is 1.72 bits per heavy atom. The van der Waals surface area contributed by atoms with E-state index in [4.69, 9.17) is 0 Å². The second-order valence-corrected chi connectivity index (χ2v) is 6.82. The zero-order valence-electron chi connectivity index (χ0n) is 14.8. The van der Waals surface area contributed by atoms with Crippen molar-refractivity contribution in [2.24, 2.45) is 0 Å². The first-order valence-corrected chi connectivity index (χ1v) is 8.90. The number of nitrogens with one attached hydrogen (secondary N) is 1. The van der Waals surface area contributed by atoms with Crippen molar-refractivity contribution in [1.82, 2.24) is 10.2 Å². The zero-order valence-corrected chi connectivity index (χ0v) is 14.8. The molecule has 2 aromatic rings. The van der Waals surface area contributed by atoms with E-state index in [1.165, 1.54) is 17.7 Å². The number of likely N-dealkylation sites (N-methyl/N-ethyl adjacent to an activating group) is 1. The van der Waals surface area contributed by atoms with Crippen LogP contribution in [0.3, 0.4) is 0 Å². The molecular weight excluding hydrogens is 315 g/mol. The first kappa shape index (κ1) is 17.6. The van der Waals surface area contributed by atoms with Crippen LogP contribution in [0.25, 0.3) is 0 Å². The molecule has 0 heterocycles. The Hall–Kier alpha value is -2.20. The summed E-state index contributed by atoms with van der Waals surface area (Å²) in [6.07, 6.45) is 3.10. The second-order valence-electron chi connectivity index (χ2n) is 6.82. The lowest BCUT2D eigenvalue weighted by molar-refractivity contribution is -0.126. The molecule has 0 bridgehead atoms. The van der Waals surface area contributed by atoms with Gasteiger partial charge in [-0.15, -0.1) is 0 Å². The third-order valence-electron chi connectivity index (χ3n) is 4.66. The number of hydrogen-bond acceptors (Lipinski definition) is 2. The number of aryl methyl sites for hydroxylation is 1. The molecule has 2 aromatic carbocycles. The van der Waals surface area contributed by atoms with Crippen LogP contribution in [-0.2, 0) is 17.8 Å². The van der Waals surface area contributed by atoms with Crippen molar-refractivity contribution in [1.29, 1.82) is 0 Å². The normalized spacial score (nSPS) is 15.2. The van der Waals surface area contributed by atoms with E-state index in [-0.39, 0.29) is 11.7 Å². The van der Waals surface area contributed by atoms with E-state index in [9.17, 15) is 9.18 Å². The minimum absolute atomic E-state index is 0.0122. The van der Waals surface area contributed by atoms with Crippen LogP contribution in [0.1, 0.15) is 42.5 Å². The fourth-order valence-corrected chi connectivity index (χ4v) is 3.02. The van der Waals surface area contributed by atoms with Gasteiger partial charge in [0.05, 0.1) is 0 Å². The molecule has 132 valence electrons. The van der Waals surface area contributed by atoms with Crippen LogP contribution in [0.2, 0.25) is 0 Å². The van der Waals surface area contributed by atoms with E-state index >= 15 is 0 Å². The van der Waals surface area contributed by atoms with E-state index in [2.05, 4.69) is 36.5 Å². The summed E-state index contributed by atoms with van der Waals surface area (Å²) in [4.78, 5) is 14.8. The molecule has 1 fully saturated rings. The van der Waals surface area contributed by atoms with Gasteiger partial charge in [0.1, 0.15) is 11.9 Å². The maximum Gasteiger partial charge on any atom is 0.242 e. The molecule has 1 aliphatic carbocycles. The van der Waals surface area contributed by atoms with Crippen molar-refractivity contribution in [3.05, 3.63) is 71.0 Å². The van der Waals surface area contributed by atoms with Gasteiger partial charge in [0, 0.05) is 12.6 Å². The third kappa shape index (κ3) is 4.67. The van der Waals surface area contributed by atoms with E-state index in [0.717, 1.165) is 30.4 Å². The Balaban J connectivity index is 1.78. The minimum Gasteiger partial charge on any atom is -0.352 e. The zero-order chi connectivity index (χ0) is 17.8. The van der Waals surface area contributed by atoms with Gasteiger partial charge in [-0.05, 0) is 55.1 Å². The lowest BCUT2D eigenvalue weighted by Gasteiger charge is -2.28. The highest BCUT2D eigenvalue weighted by Gasteiger charge is 2.30. The molecule has 3 nitrogen and oxygen atoms in total. The number of rotatable bonds is 7. The van der Waals surface area contributed by atoms with Crippen LogP contribution in [0.5, 0.6) is 0 Å². The largest absolute Gasteiger partial charge is 0.352 e. The summed E-state index contributed by atoms with van der Waals surface area (Å²) in [5.74, 6) is -0.301. The van der Waals surface area contributed by atoms with E-state index in [0.29, 0.717) is 12.6 Å². The maximum atomic E-state index is 13.3. The first-order chi connectivity index (χ1) is 12.1. The van der Waals surface area contributed by atoms with Crippen LogP contribution in [-0.4, -0.2) is 23.9 Å². The van der Waals surface area contributed by atoms with Crippen molar-refractivity contribution in [2.75, 3.05) is 7.05 Å². The highest BCUT2D eigenvalue weighted by atomic mass is 19.1. The molecule has 0 saturated heterocycles. The lowest BCUT2D eigenvalue weighted by atomic mass is 10.0. The molecule has 0 spiro atoms. The Kier molecular flexibility index (Phi) is 5.49. The Morgan fingerprint density at radius 1 is 1.12 bits per heavy atom. The summed E-state index contributed by atoms with van der Waals surface area (Å²) in [6.45, 7) is 2.79. The molecule has 0 aromatic heterocycles. The van der Waals surface area contributed by atoms with Crippen molar-refractivity contribution in [2.45, 2.75) is 44.8 Å². The first-order valence-electron chi connectivity index (χ1n) is 8.90. The Morgan fingerprint density at radius 3 is 2.28 bits per heavy atom. The second kappa shape index (κ2) is 7.79. The molecule has 1 amide bonds. The van der Waals surface area contributed by atoms with E-state index < -0.39 is 6.04 Å². The van der Waals surface area contributed by atoms with E-state index in [1.807, 2.05) is 11.9 Å². The summed E-state index contributed by atoms with van der Waals surface area (Å²) in [5.41, 5.74) is 3.27. The molecule has 1 N–H and O–H groups in total. The van der Waals surface area contributed by atoms with Crippen molar-refractivity contribution >= 4 is 5.91 Å². The molecule has 1 unspecified atom stereocenters. The summed E-state index contributed by atoms with van der Waals surface area (Å²) < 4.78 is 13.3. The Labute approximate surface area is 148 Å². The quantitative estimate of drug-likeness (QED) is 0.830. The molecule has 1 aliphatic rings. The van der Waals surface area contributed by atoms with Crippen molar-refractivity contribution < 1.29 is 9.18 Å². The van der Waals surface area contributed by atoms with Crippen molar-refractivity contribution in [3.8, 4) is 0 Å². The standard InChI is InChI=1S/C21H25FN2O/c1-3-15-4-6-16(7-5-15)14-24(2)20(21(25)23-19-12-13-19)17-8-10-18(22)11-9-17/h4-11,19-20H,3,12-14H2,1-2H3,(H,23,25). The smallest absolute Gasteiger partial charge is 0.242 e. The van der Waals surface area contributed by atoms with Gasteiger partial charge in [0.15, 0.2) is 0 Å². The predicted octanol–water partition coefficient (Wildman–Crippen LogP) is 3.84. The third-order valence-corrected chi connectivity index (χ3v) is 4.66. The lowest BCUT2D eigenvalue weighted by Crippen LogP contribution is -2.39. The van der Waals surface area contributed by atoms with Crippen molar-refractivity contribution in [3.63, 3.8) is 0 Å². The average molecular weight is 340 g/mol. The molecule has 1 atom stereocenters. The molecule has 4 heteroatoms. The van der Waals surface area contributed by atoms with Crippen LogP contribution >= 0.6 is 0 Å². The van der Waals surface area contributed by atoms with Gasteiger partial charge in [-0.3, -0.25) is 9.69 Å². The molecule has 0 aliphatic heterocycles. The summed E-state index contributed by atoms with van der Waals surface area (Å²) in [7, 11) is 1.94. The van der Waals surface area contributed by atoms with Gasteiger partial charge in [0.2, 0.25) is 5.91 Å². The topological polar surface area (TPSA) is 32.3 Å². The van der Waals surface area contributed by atoms with Gasteiger partial charge in [-0.2, -0.15) is 0 Å². The minimum atomic E-state index is -0.424. The average Bonchev–Trinajstić information content (AvgIpc) is 3.41. The number of hydrogen-bond donors (Lipinski definition) is 1. The highest BCUT2D eigenvalue weighted by Crippen LogP contribution is 2.25. The summed E-state index contributed by atoms with van der Waals surface area (Å²) in [6, 6.07) is 14.6. The van der Waals surface area contributed by atoms with E-state index in [1.54, 1.807) is 12.1 Å². The molecule has 0 radical (unpaired) electrons. The number of amides is 1. The van der Waals surface area contributed by atoms with Crippen LogP contribution in [0.15, 0.2) is 48.5 Å². The van der Waals surface area contributed by atoms with Gasteiger partial charge >= 0.3 is 0 Å². The number of benzene rings is 2. The number of carbonyl (C=O) groups is 1. The Bertz CT molecular complexity index is 708. The van der Waals surface area contributed by atoms with Gasteiger partial charge in [0.25, 0.3) is 0 Å². The van der Waals surface area contributed by atoms with Crippen LogP contribution < -0.4 is 5.32 Å². The van der Waals surface area contributed by atoms with Crippen LogP contribution in [0, 0.1) is 5.82 Å².